The highest BCUT2D eigenvalue weighted by Crippen LogP contribution is 2.41. The molecule has 0 amide bonds. The molecule has 1 saturated carbocycles. The summed E-state index contributed by atoms with van der Waals surface area (Å²) in [4.78, 5) is 17.3. The first-order chi connectivity index (χ1) is 8.12. The van der Waals surface area contributed by atoms with Crippen molar-refractivity contribution in [3.63, 3.8) is 0 Å². The highest BCUT2D eigenvalue weighted by atomic mass is 16.4. The summed E-state index contributed by atoms with van der Waals surface area (Å²) in [5, 5.41) is 9.26. The summed E-state index contributed by atoms with van der Waals surface area (Å²) in [5.41, 5.74) is 0.671. The third kappa shape index (κ3) is 2.64. The van der Waals surface area contributed by atoms with Gasteiger partial charge in [-0.2, -0.15) is 0 Å². The molecule has 1 heterocycles. The second-order valence-corrected chi connectivity index (χ2v) is 4.97. The minimum absolute atomic E-state index is 0.498. The number of aromatic nitrogens is 1. The van der Waals surface area contributed by atoms with Gasteiger partial charge in [-0.1, -0.05) is 6.42 Å². The Balaban J connectivity index is 1.93. The topological polar surface area (TPSA) is 53.4 Å². The van der Waals surface area contributed by atoms with Crippen LogP contribution >= 0.6 is 0 Å². The van der Waals surface area contributed by atoms with Crippen molar-refractivity contribution in [2.24, 2.45) is 5.41 Å². The first-order valence-corrected chi connectivity index (χ1v) is 5.93. The standard InChI is InChI=1S/C13H18N2O2/c1-15(9-11-3-7-14-8-4-11)10-13(12(16)17)5-2-6-13/h3-4,7-8H,2,5-6,9-10H2,1H3,(H,16,17). The molecule has 1 aromatic heterocycles. The number of hydrogen-bond donors (Lipinski definition) is 1. The van der Waals surface area contributed by atoms with E-state index in [1.165, 1.54) is 5.56 Å². The van der Waals surface area contributed by atoms with Crippen molar-refractivity contribution in [2.75, 3.05) is 13.6 Å². The van der Waals surface area contributed by atoms with Crippen molar-refractivity contribution in [2.45, 2.75) is 25.8 Å². The molecule has 0 spiro atoms. The maximum atomic E-state index is 11.3. The van der Waals surface area contributed by atoms with Gasteiger partial charge in [0.2, 0.25) is 0 Å². The van der Waals surface area contributed by atoms with E-state index >= 15 is 0 Å². The Morgan fingerprint density at radius 2 is 2.12 bits per heavy atom. The summed E-state index contributed by atoms with van der Waals surface area (Å²) >= 11 is 0. The maximum Gasteiger partial charge on any atom is 0.310 e. The van der Waals surface area contributed by atoms with E-state index in [-0.39, 0.29) is 0 Å². The van der Waals surface area contributed by atoms with Gasteiger partial charge in [-0.3, -0.25) is 9.78 Å². The summed E-state index contributed by atoms with van der Waals surface area (Å²) < 4.78 is 0. The number of nitrogens with zero attached hydrogens (tertiary/aromatic N) is 2. The molecule has 1 aliphatic carbocycles. The average molecular weight is 234 g/mol. The van der Waals surface area contributed by atoms with E-state index in [1.807, 2.05) is 19.2 Å². The van der Waals surface area contributed by atoms with Crippen molar-refractivity contribution >= 4 is 5.97 Å². The van der Waals surface area contributed by atoms with Gasteiger partial charge in [0.25, 0.3) is 0 Å². The highest BCUT2D eigenvalue weighted by Gasteiger charge is 2.44. The van der Waals surface area contributed by atoms with Gasteiger partial charge in [-0.15, -0.1) is 0 Å². The molecular weight excluding hydrogens is 216 g/mol. The van der Waals surface area contributed by atoms with Gasteiger partial charge in [0, 0.05) is 25.5 Å². The number of pyridine rings is 1. The molecule has 1 aromatic rings. The minimum atomic E-state index is -0.648. The van der Waals surface area contributed by atoms with Crippen LogP contribution in [0.15, 0.2) is 24.5 Å². The second-order valence-electron chi connectivity index (χ2n) is 4.97. The van der Waals surface area contributed by atoms with E-state index in [0.717, 1.165) is 25.8 Å². The predicted molar refractivity (Wildman–Crippen MR) is 64.5 cm³/mol. The van der Waals surface area contributed by atoms with Crippen LogP contribution in [-0.2, 0) is 11.3 Å². The van der Waals surface area contributed by atoms with Gasteiger partial charge in [0.05, 0.1) is 5.41 Å². The summed E-state index contributed by atoms with van der Waals surface area (Å²) in [6, 6.07) is 3.93. The van der Waals surface area contributed by atoms with E-state index < -0.39 is 11.4 Å². The van der Waals surface area contributed by atoms with Crippen LogP contribution in [-0.4, -0.2) is 34.6 Å². The number of carbonyl (C=O) groups is 1. The molecule has 2 rings (SSSR count). The van der Waals surface area contributed by atoms with Crippen molar-refractivity contribution in [1.82, 2.24) is 9.88 Å². The Labute approximate surface area is 101 Å². The molecule has 0 aromatic carbocycles. The molecule has 0 atom stereocenters. The van der Waals surface area contributed by atoms with Crippen LogP contribution in [0.25, 0.3) is 0 Å². The normalized spacial score (nSPS) is 17.8. The molecule has 92 valence electrons. The van der Waals surface area contributed by atoms with Gasteiger partial charge < -0.3 is 10.0 Å². The van der Waals surface area contributed by atoms with Gasteiger partial charge >= 0.3 is 5.97 Å². The van der Waals surface area contributed by atoms with Crippen LogP contribution in [0.3, 0.4) is 0 Å². The van der Waals surface area contributed by atoms with Crippen molar-refractivity contribution in [3.05, 3.63) is 30.1 Å². The molecule has 17 heavy (non-hydrogen) atoms. The minimum Gasteiger partial charge on any atom is -0.481 e. The number of hydrogen-bond acceptors (Lipinski definition) is 3. The van der Waals surface area contributed by atoms with E-state index in [4.69, 9.17) is 0 Å². The first kappa shape index (κ1) is 12.0. The maximum absolute atomic E-state index is 11.3. The molecule has 4 heteroatoms. The predicted octanol–water partition coefficient (Wildman–Crippen LogP) is 1.77. The van der Waals surface area contributed by atoms with Crippen LogP contribution in [0.4, 0.5) is 0 Å². The van der Waals surface area contributed by atoms with Gasteiger partial charge in [0.15, 0.2) is 0 Å². The van der Waals surface area contributed by atoms with Crippen molar-refractivity contribution in [1.29, 1.82) is 0 Å². The molecular formula is C13H18N2O2. The average Bonchev–Trinajstić information content (AvgIpc) is 2.24. The quantitative estimate of drug-likeness (QED) is 0.843. The van der Waals surface area contributed by atoms with E-state index in [1.54, 1.807) is 12.4 Å². The molecule has 0 saturated heterocycles. The zero-order chi connectivity index (χ0) is 12.3. The lowest BCUT2D eigenvalue weighted by atomic mass is 9.68. The van der Waals surface area contributed by atoms with E-state index in [0.29, 0.717) is 6.54 Å². The van der Waals surface area contributed by atoms with Crippen molar-refractivity contribution in [3.8, 4) is 0 Å². The first-order valence-electron chi connectivity index (χ1n) is 5.93. The SMILES string of the molecule is CN(Cc1ccncc1)CC1(C(=O)O)CCC1. The summed E-state index contributed by atoms with van der Waals surface area (Å²) in [6.07, 6.45) is 6.18. The molecule has 0 bridgehead atoms. The summed E-state index contributed by atoms with van der Waals surface area (Å²) in [6.45, 7) is 1.40. The Kier molecular flexibility index (Phi) is 3.43. The third-order valence-corrected chi connectivity index (χ3v) is 3.54. The zero-order valence-electron chi connectivity index (χ0n) is 10.1. The number of carboxylic acids is 1. The number of aliphatic carboxylic acids is 1. The molecule has 1 aliphatic rings. The number of carboxylic acid groups (broad SMARTS) is 1. The lowest BCUT2D eigenvalue weighted by Crippen LogP contribution is -2.46. The molecule has 4 nitrogen and oxygen atoms in total. The molecule has 0 unspecified atom stereocenters. The van der Waals surface area contributed by atoms with Gasteiger partial charge in [-0.05, 0) is 37.6 Å². The molecule has 1 fully saturated rings. The summed E-state index contributed by atoms with van der Waals surface area (Å²) in [5.74, 6) is -0.648. The number of rotatable bonds is 5. The monoisotopic (exact) mass is 234 g/mol. The lowest BCUT2D eigenvalue weighted by Gasteiger charge is -2.40. The van der Waals surface area contributed by atoms with E-state index in [2.05, 4.69) is 9.88 Å². The van der Waals surface area contributed by atoms with E-state index in [9.17, 15) is 9.90 Å². The van der Waals surface area contributed by atoms with Crippen LogP contribution in [0.5, 0.6) is 0 Å². The smallest absolute Gasteiger partial charge is 0.310 e. The van der Waals surface area contributed by atoms with Crippen LogP contribution in [0, 0.1) is 5.41 Å². The Morgan fingerprint density at radius 1 is 1.47 bits per heavy atom. The zero-order valence-corrected chi connectivity index (χ0v) is 10.1. The lowest BCUT2D eigenvalue weighted by molar-refractivity contribution is -0.156. The Morgan fingerprint density at radius 3 is 2.59 bits per heavy atom. The van der Waals surface area contributed by atoms with Crippen LogP contribution in [0.2, 0.25) is 0 Å². The fourth-order valence-electron chi connectivity index (χ4n) is 2.42. The van der Waals surface area contributed by atoms with Gasteiger partial charge in [-0.25, -0.2) is 0 Å². The Hall–Kier alpha value is -1.42. The van der Waals surface area contributed by atoms with Crippen molar-refractivity contribution < 1.29 is 9.90 Å². The second kappa shape index (κ2) is 4.84. The molecule has 0 aliphatic heterocycles. The Bertz CT molecular complexity index is 388. The fraction of sp³-hybridized carbons (Fsp3) is 0.538. The highest BCUT2D eigenvalue weighted by molar-refractivity contribution is 5.76. The molecule has 1 N–H and O–H groups in total. The fourth-order valence-corrected chi connectivity index (χ4v) is 2.42. The van der Waals surface area contributed by atoms with Crippen LogP contribution < -0.4 is 0 Å². The van der Waals surface area contributed by atoms with Gasteiger partial charge in [0.1, 0.15) is 0 Å². The summed E-state index contributed by atoms with van der Waals surface area (Å²) in [7, 11) is 1.98. The largest absolute Gasteiger partial charge is 0.481 e. The third-order valence-electron chi connectivity index (χ3n) is 3.54. The van der Waals surface area contributed by atoms with Crippen LogP contribution in [0.1, 0.15) is 24.8 Å². The molecule has 0 radical (unpaired) electrons.